The number of halogens is 2. The molecular weight excluding hydrogens is 311 g/mol. The summed E-state index contributed by atoms with van der Waals surface area (Å²) in [5, 5.41) is 2.97. The van der Waals surface area contributed by atoms with Gasteiger partial charge in [0.2, 0.25) is 0 Å². The van der Waals surface area contributed by atoms with Crippen molar-refractivity contribution in [1.82, 2.24) is 9.88 Å². The molecule has 3 nitrogen and oxygen atoms in total. The zero-order valence-corrected chi connectivity index (χ0v) is 11.5. The minimum absolute atomic E-state index is 0.144. The molecular formula is C14H10BrFN2O. The summed E-state index contributed by atoms with van der Waals surface area (Å²) in [6.45, 7) is 0. The highest BCUT2D eigenvalue weighted by molar-refractivity contribution is 9.10. The van der Waals surface area contributed by atoms with Gasteiger partial charge in [-0.1, -0.05) is 15.9 Å². The lowest BCUT2D eigenvalue weighted by atomic mass is 10.0. The van der Waals surface area contributed by atoms with E-state index in [2.05, 4.69) is 21.2 Å². The van der Waals surface area contributed by atoms with E-state index in [4.69, 9.17) is 0 Å². The van der Waals surface area contributed by atoms with Crippen LogP contribution in [-0.2, 0) is 5.54 Å². The Balaban J connectivity index is 2.11. The molecule has 96 valence electrons. The zero-order chi connectivity index (χ0) is 13.2. The van der Waals surface area contributed by atoms with E-state index >= 15 is 0 Å². The van der Waals surface area contributed by atoms with Crippen LogP contribution < -0.4 is 5.32 Å². The molecule has 0 saturated heterocycles. The van der Waals surface area contributed by atoms with Crippen LogP contribution in [-0.4, -0.2) is 10.5 Å². The molecule has 1 aliphatic carbocycles. The molecule has 4 rings (SSSR count). The van der Waals surface area contributed by atoms with Gasteiger partial charge in [-0.25, -0.2) is 4.39 Å². The Kier molecular flexibility index (Phi) is 2.05. The van der Waals surface area contributed by atoms with Crippen LogP contribution in [0.25, 0.3) is 5.69 Å². The van der Waals surface area contributed by atoms with Crippen molar-refractivity contribution in [2.75, 3.05) is 0 Å². The Labute approximate surface area is 117 Å². The summed E-state index contributed by atoms with van der Waals surface area (Å²) >= 11 is 3.32. The van der Waals surface area contributed by atoms with Crippen LogP contribution in [0.4, 0.5) is 4.39 Å². The number of fused-ring (bicyclic) bond motifs is 4. The normalized spacial score (nSPS) is 18.5. The molecule has 2 aromatic rings. The molecule has 1 fully saturated rings. The third-order valence-corrected chi connectivity index (χ3v) is 4.31. The monoisotopic (exact) mass is 320 g/mol. The Morgan fingerprint density at radius 2 is 2.16 bits per heavy atom. The SMILES string of the molecule is O=C1NC2(CC2)c2c(F)cc(Br)cc2-n2cccc21. The number of amides is 1. The molecule has 19 heavy (non-hydrogen) atoms. The third kappa shape index (κ3) is 1.45. The predicted molar refractivity (Wildman–Crippen MR) is 71.8 cm³/mol. The highest BCUT2D eigenvalue weighted by Crippen LogP contribution is 2.50. The second kappa shape index (κ2) is 3.48. The summed E-state index contributed by atoms with van der Waals surface area (Å²) in [6, 6.07) is 6.86. The summed E-state index contributed by atoms with van der Waals surface area (Å²) in [6.07, 6.45) is 3.37. The number of hydrogen-bond acceptors (Lipinski definition) is 1. The summed E-state index contributed by atoms with van der Waals surface area (Å²) in [5.74, 6) is -0.419. The van der Waals surface area contributed by atoms with Gasteiger partial charge in [0.05, 0.1) is 11.2 Å². The number of aromatic nitrogens is 1. The standard InChI is InChI=1S/C14H10BrFN2O/c15-8-6-9(16)12-11(7-8)18-5-1-2-10(18)13(19)17-14(12)3-4-14/h1-2,5-7H,3-4H2,(H,17,19). The lowest BCUT2D eigenvalue weighted by Crippen LogP contribution is -2.34. The molecule has 0 atom stereocenters. The Morgan fingerprint density at radius 1 is 1.37 bits per heavy atom. The molecule has 1 N–H and O–H groups in total. The largest absolute Gasteiger partial charge is 0.341 e. The molecule has 0 bridgehead atoms. The van der Waals surface area contributed by atoms with E-state index in [0.717, 1.165) is 18.5 Å². The van der Waals surface area contributed by atoms with Gasteiger partial charge in [-0.15, -0.1) is 0 Å². The molecule has 1 amide bonds. The van der Waals surface area contributed by atoms with E-state index in [1.807, 2.05) is 6.07 Å². The van der Waals surface area contributed by atoms with Gasteiger partial charge in [0, 0.05) is 16.2 Å². The number of nitrogens with zero attached hydrogens (tertiary/aromatic N) is 1. The van der Waals surface area contributed by atoms with Crippen molar-refractivity contribution in [3.8, 4) is 5.69 Å². The first-order valence-corrected chi connectivity index (χ1v) is 6.90. The van der Waals surface area contributed by atoms with Gasteiger partial charge in [-0.05, 0) is 37.1 Å². The number of nitrogens with one attached hydrogen (secondary N) is 1. The van der Waals surface area contributed by atoms with Gasteiger partial charge in [0.15, 0.2) is 0 Å². The van der Waals surface area contributed by atoms with Crippen molar-refractivity contribution in [3.05, 3.63) is 52.0 Å². The molecule has 0 unspecified atom stereocenters. The first kappa shape index (κ1) is 11.2. The van der Waals surface area contributed by atoms with Crippen LogP contribution in [0.2, 0.25) is 0 Å². The molecule has 1 aliphatic heterocycles. The second-order valence-electron chi connectivity index (χ2n) is 5.08. The van der Waals surface area contributed by atoms with Gasteiger partial charge < -0.3 is 9.88 Å². The molecule has 1 saturated carbocycles. The third-order valence-electron chi connectivity index (χ3n) is 3.86. The van der Waals surface area contributed by atoms with Gasteiger partial charge in [0.1, 0.15) is 11.5 Å². The van der Waals surface area contributed by atoms with Crippen molar-refractivity contribution >= 4 is 21.8 Å². The van der Waals surface area contributed by atoms with Crippen LogP contribution >= 0.6 is 15.9 Å². The van der Waals surface area contributed by atoms with Gasteiger partial charge in [-0.3, -0.25) is 4.79 Å². The average Bonchev–Trinajstić information content (AvgIpc) is 2.95. The Morgan fingerprint density at radius 3 is 2.89 bits per heavy atom. The van der Waals surface area contributed by atoms with Crippen molar-refractivity contribution < 1.29 is 9.18 Å². The zero-order valence-electron chi connectivity index (χ0n) is 9.91. The fourth-order valence-electron chi connectivity index (χ4n) is 2.84. The van der Waals surface area contributed by atoms with Gasteiger partial charge in [0.25, 0.3) is 5.91 Å². The summed E-state index contributed by atoms with van der Waals surface area (Å²) < 4.78 is 16.8. The summed E-state index contributed by atoms with van der Waals surface area (Å²) in [5.41, 5.74) is 1.36. The van der Waals surface area contributed by atoms with Crippen molar-refractivity contribution in [3.63, 3.8) is 0 Å². The number of benzene rings is 1. The molecule has 0 radical (unpaired) electrons. The molecule has 1 aromatic heterocycles. The van der Waals surface area contributed by atoms with Crippen molar-refractivity contribution in [1.29, 1.82) is 0 Å². The van der Waals surface area contributed by atoms with Crippen LogP contribution in [0, 0.1) is 5.82 Å². The van der Waals surface area contributed by atoms with Gasteiger partial charge >= 0.3 is 0 Å². The predicted octanol–water partition coefficient (Wildman–Crippen LogP) is 3.11. The smallest absolute Gasteiger partial charge is 0.268 e. The van der Waals surface area contributed by atoms with E-state index < -0.39 is 5.54 Å². The highest BCUT2D eigenvalue weighted by Gasteiger charge is 2.51. The fourth-order valence-corrected chi connectivity index (χ4v) is 3.26. The number of hydrogen-bond donors (Lipinski definition) is 1. The Bertz CT molecular complexity index is 718. The maximum atomic E-state index is 14.4. The highest BCUT2D eigenvalue weighted by atomic mass is 79.9. The minimum atomic E-state index is -0.518. The summed E-state index contributed by atoms with van der Waals surface area (Å²) in [7, 11) is 0. The Hall–Kier alpha value is -1.62. The summed E-state index contributed by atoms with van der Waals surface area (Å²) in [4.78, 5) is 12.2. The van der Waals surface area contributed by atoms with E-state index in [0.29, 0.717) is 15.7 Å². The van der Waals surface area contributed by atoms with Gasteiger partial charge in [-0.2, -0.15) is 0 Å². The van der Waals surface area contributed by atoms with E-state index in [1.54, 1.807) is 22.9 Å². The maximum Gasteiger partial charge on any atom is 0.268 e. The van der Waals surface area contributed by atoms with Crippen LogP contribution in [0.1, 0.15) is 28.9 Å². The van der Waals surface area contributed by atoms with Crippen molar-refractivity contribution in [2.45, 2.75) is 18.4 Å². The minimum Gasteiger partial charge on any atom is -0.341 e. The van der Waals surface area contributed by atoms with E-state index in [1.165, 1.54) is 6.07 Å². The van der Waals surface area contributed by atoms with Crippen molar-refractivity contribution in [2.24, 2.45) is 0 Å². The van der Waals surface area contributed by atoms with Crippen LogP contribution in [0.15, 0.2) is 34.9 Å². The lowest BCUT2D eigenvalue weighted by molar-refractivity contribution is 0.0927. The quantitative estimate of drug-likeness (QED) is 0.795. The number of rotatable bonds is 0. The van der Waals surface area contributed by atoms with Crippen LogP contribution in [0.3, 0.4) is 0 Å². The van der Waals surface area contributed by atoms with E-state index in [9.17, 15) is 9.18 Å². The van der Waals surface area contributed by atoms with Crippen LogP contribution in [0.5, 0.6) is 0 Å². The number of carbonyl (C=O) groups excluding carboxylic acids is 1. The molecule has 1 spiro atoms. The first-order chi connectivity index (χ1) is 9.11. The fraction of sp³-hybridized carbons (Fsp3) is 0.214. The number of carbonyl (C=O) groups is 1. The first-order valence-electron chi connectivity index (χ1n) is 6.10. The molecule has 2 aliphatic rings. The molecule has 5 heteroatoms. The average molecular weight is 321 g/mol. The topological polar surface area (TPSA) is 34.0 Å². The molecule has 1 aromatic carbocycles. The maximum absolute atomic E-state index is 14.4. The second-order valence-corrected chi connectivity index (χ2v) is 6.00. The molecule has 2 heterocycles. The van der Waals surface area contributed by atoms with E-state index in [-0.39, 0.29) is 11.7 Å². The lowest BCUT2D eigenvalue weighted by Gasteiger charge is -2.18.